The van der Waals surface area contributed by atoms with E-state index in [0.29, 0.717) is 16.6 Å². The van der Waals surface area contributed by atoms with E-state index < -0.39 is 0 Å². The molecule has 0 radical (unpaired) electrons. The van der Waals surface area contributed by atoms with Gasteiger partial charge in [0.2, 0.25) is 11.8 Å². The van der Waals surface area contributed by atoms with Crippen LogP contribution in [0.1, 0.15) is 31.3 Å². The Balaban J connectivity index is 1.68. The number of nitrogens with one attached hydrogen (secondary N) is 1. The van der Waals surface area contributed by atoms with E-state index >= 15 is 0 Å². The number of carbonyl (C=O) groups is 2. The molecule has 0 aliphatic rings. The number of furan rings is 1. The van der Waals surface area contributed by atoms with Crippen LogP contribution in [0.15, 0.2) is 64.6 Å². The molecule has 1 N–H and O–H groups in total. The first-order chi connectivity index (χ1) is 13.0. The predicted octanol–water partition coefficient (Wildman–Crippen LogP) is 4.31. The zero-order valence-corrected chi connectivity index (χ0v) is 15.8. The number of anilines is 2. The summed E-state index contributed by atoms with van der Waals surface area (Å²) in [6, 6.07) is 12.7. The minimum atomic E-state index is -0.250. The molecule has 3 aromatic rings. The third kappa shape index (κ3) is 4.71. The van der Waals surface area contributed by atoms with E-state index in [9.17, 15) is 9.59 Å². The molecule has 0 unspecified atom stereocenters. The molecule has 2 heterocycles. The number of rotatable bonds is 6. The largest absolute Gasteiger partial charge is 0.467 e. The van der Waals surface area contributed by atoms with Crippen molar-refractivity contribution < 1.29 is 14.0 Å². The Labute approximate surface area is 161 Å². The second-order valence-corrected chi connectivity index (χ2v) is 6.66. The van der Waals surface area contributed by atoms with Gasteiger partial charge in [0, 0.05) is 18.4 Å². The smallest absolute Gasteiger partial charge is 0.244 e. The van der Waals surface area contributed by atoms with Crippen LogP contribution in [0.25, 0.3) is 6.08 Å². The highest BCUT2D eigenvalue weighted by molar-refractivity contribution is 7.14. The lowest BCUT2D eigenvalue weighted by atomic mass is 10.2. The second-order valence-electron chi connectivity index (χ2n) is 5.82. The molecule has 2 amide bonds. The molecule has 0 saturated carbocycles. The number of amides is 2. The Kier molecular flexibility index (Phi) is 5.83. The Hall–Kier alpha value is -3.19. The second kappa shape index (κ2) is 8.46. The van der Waals surface area contributed by atoms with Gasteiger partial charge in [-0.05, 0) is 37.3 Å². The quantitative estimate of drug-likeness (QED) is 0.646. The van der Waals surface area contributed by atoms with Crippen LogP contribution in [0.5, 0.6) is 0 Å². The molecule has 1 aromatic carbocycles. The standard InChI is InChI=1S/C20H19N3O3S/c1-14(18-9-6-12-26-18)21-19(25)11-10-16-13-27-20(22-16)23(15(2)24)17-7-4-3-5-8-17/h3-14H,1-2H3,(H,21,25)/b11-10+/t14-/m0/s1. The molecule has 138 valence electrons. The van der Waals surface area contributed by atoms with Crippen LogP contribution in [-0.2, 0) is 9.59 Å². The SMILES string of the molecule is CC(=O)N(c1ccccc1)c1nc(/C=C/C(=O)N[C@@H](C)c2ccco2)cs1. The average molecular weight is 381 g/mol. The monoisotopic (exact) mass is 381 g/mol. The van der Waals surface area contributed by atoms with Crippen molar-refractivity contribution in [2.24, 2.45) is 0 Å². The van der Waals surface area contributed by atoms with Crippen LogP contribution in [0.4, 0.5) is 10.8 Å². The lowest BCUT2D eigenvalue weighted by Gasteiger charge is -2.17. The molecule has 0 saturated heterocycles. The van der Waals surface area contributed by atoms with Gasteiger partial charge in [-0.25, -0.2) is 4.98 Å². The maximum absolute atomic E-state index is 12.1. The van der Waals surface area contributed by atoms with Gasteiger partial charge in [-0.2, -0.15) is 0 Å². The van der Waals surface area contributed by atoms with Gasteiger partial charge in [0.25, 0.3) is 0 Å². The summed E-state index contributed by atoms with van der Waals surface area (Å²) in [4.78, 5) is 30.1. The number of hydrogen-bond acceptors (Lipinski definition) is 5. The molecule has 27 heavy (non-hydrogen) atoms. The van der Waals surface area contributed by atoms with Gasteiger partial charge in [-0.15, -0.1) is 11.3 Å². The summed E-state index contributed by atoms with van der Waals surface area (Å²) in [5, 5.41) is 5.17. The van der Waals surface area contributed by atoms with Crippen molar-refractivity contribution in [2.45, 2.75) is 19.9 Å². The molecule has 0 fully saturated rings. The summed E-state index contributed by atoms with van der Waals surface area (Å²) in [7, 11) is 0. The summed E-state index contributed by atoms with van der Waals surface area (Å²) in [6.07, 6.45) is 4.60. The van der Waals surface area contributed by atoms with Crippen LogP contribution in [0, 0.1) is 0 Å². The fourth-order valence-electron chi connectivity index (χ4n) is 2.49. The summed E-state index contributed by atoms with van der Waals surface area (Å²) in [5.41, 5.74) is 1.36. The molecule has 0 aliphatic heterocycles. The molecular formula is C20H19N3O3S. The highest BCUT2D eigenvalue weighted by atomic mass is 32.1. The van der Waals surface area contributed by atoms with Gasteiger partial charge in [-0.3, -0.25) is 14.5 Å². The summed E-state index contributed by atoms with van der Waals surface area (Å²) >= 11 is 1.34. The fraction of sp³-hybridized carbons (Fsp3) is 0.150. The van der Waals surface area contributed by atoms with Crippen LogP contribution in [0.2, 0.25) is 0 Å². The van der Waals surface area contributed by atoms with Crippen molar-refractivity contribution >= 4 is 40.0 Å². The van der Waals surface area contributed by atoms with Crippen molar-refractivity contribution in [2.75, 3.05) is 4.90 Å². The van der Waals surface area contributed by atoms with Gasteiger partial charge in [-0.1, -0.05) is 18.2 Å². The first-order valence-corrected chi connectivity index (χ1v) is 9.26. The van der Waals surface area contributed by atoms with Gasteiger partial charge in [0.1, 0.15) is 5.76 Å². The zero-order valence-electron chi connectivity index (χ0n) is 15.0. The normalized spacial score (nSPS) is 12.1. The summed E-state index contributed by atoms with van der Waals surface area (Å²) < 4.78 is 5.27. The number of thiazole rings is 1. The molecule has 2 aromatic heterocycles. The van der Waals surface area contributed by atoms with Crippen LogP contribution >= 0.6 is 11.3 Å². The molecule has 7 heteroatoms. The first-order valence-electron chi connectivity index (χ1n) is 8.38. The predicted molar refractivity (Wildman–Crippen MR) is 106 cm³/mol. The number of para-hydroxylation sites is 1. The van der Waals surface area contributed by atoms with Gasteiger partial charge in [0.05, 0.1) is 23.7 Å². The van der Waals surface area contributed by atoms with Crippen molar-refractivity contribution in [3.05, 3.63) is 71.6 Å². The fourth-order valence-corrected chi connectivity index (χ4v) is 3.35. The Bertz CT molecular complexity index is 933. The minimum Gasteiger partial charge on any atom is -0.467 e. The Morgan fingerprint density at radius 1 is 1.22 bits per heavy atom. The lowest BCUT2D eigenvalue weighted by Crippen LogP contribution is -2.24. The summed E-state index contributed by atoms with van der Waals surface area (Å²) in [5.74, 6) is 0.309. The molecule has 3 rings (SSSR count). The average Bonchev–Trinajstić information content (AvgIpc) is 3.33. The maximum Gasteiger partial charge on any atom is 0.244 e. The van der Waals surface area contributed by atoms with E-state index in [1.165, 1.54) is 24.3 Å². The Morgan fingerprint density at radius 3 is 2.67 bits per heavy atom. The van der Waals surface area contributed by atoms with Crippen LogP contribution in [0.3, 0.4) is 0 Å². The highest BCUT2D eigenvalue weighted by Gasteiger charge is 2.17. The van der Waals surface area contributed by atoms with E-state index in [-0.39, 0.29) is 17.9 Å². The maximum atomic E-state index is 12.1. The number of carbonyl (C=O) groups excluding carboxylic acids is 2. The Morgan fingerprint density at radius 2 is 2.00 bits per heavy atom. The molecular weight excluding hydrogens is 362 g/mol. The molecule has 1 atom stereocenters. The van der Waals surface area contributed by atoms with Gasteiger partial charge < -0.3 is 9.73 Å². The number of hydrogen-bond donors (Lipinski definition) is 1. The number of aromatic nitrogens is 1. The van der Waals surface area contributed by atoms with E-state index in [1.54, 1.807) is 34.8 Å². The van der Waals surface area contributed by atoms with Crippen molar-refractivity contribution in [3.8, 4) is 0 Å². The molecule has 0 bridgehead atoms. The van der Waals surface area contributed by atoms with Crippen LogP contribution < -0.4 is 10.2 Å². The third-order valence-corrected chi connectivity index (χ3v) is 4.61. The van der Waals surface area contributed by atoms with E-state index in [1.807, 2.05) is 37.3 Å². The topological polar surface area (TPSA) is 75.4 Å². The molecule has 6 nitrogen and oxygen atoms in total. The van der Waals surface area contributed by atoms with Crippen molar-refractivity contribution in [1.29, 1.82) is 0 Å². The van der Waals surface area contributed by atoms with Crippen molar-refractivity contribution in [3.63, 3.8) is 0 Å². The van der Waals surface area contributed by atoms with Gasteiger partial charge in [0.15, 0.2) is 5.13 Å². The van der Waals surface area contributed by atoms with Crippen molar-refractivity contribution in [1.82, 2.24) is 10.3 Å². The van der Waals surface area contributed by atoms with E-state index in [4.69, 9.17) is 4.42 Å². The highest BCUT2D eigenvalue weighted by Crippen LogP contribution is 2.29. The minimum absolute atomic E-state index is 0.129. The van der Waals surface area contributed by atoms with Crippen LogP contribution in [-0.4, -0.2) is 16.8 Å². The number of benzene rings is 1. The zero-order chi connectivity index (χ0) is 19.2. The van der Waals surface area contributed by atoms with E-state index in [2.05, 4.69) is 10.3 Å². The first kappa shape index (κ1) is 18.6. The van der Waals surface area contributed by atoms with E-state index in [0.717, 1.165) is 5.69 Å². The third-order valence-electron chi connectivity index (χ3n) is 3.76. The van der Waals surface area contributed by atoms with Gasteiger partial charge >= 0.3 is 0 Å². The molecule has 0 aliphatic carbocycles. The molecule has 0 spiro atoms. The number of nitrogens with zero attached hydrogens (tertiary/aromatic N) is 2. The lowest BCUT2D eigenvalue weighted by molar-refractivity contribution is -0.117. The summed E-state index contributed by atoms with van der Waals surface area (Å²) in [6.45, 7) is 3.34.